The number of carbonyl (C=O) groups is 3. The van der Waals surface area contributed by atoms with Gasteiger partial charge in [-0.3, -0.25) is 14.4 Å². The maximum Gasteiger partial charge on any atom is 0.283 e. The molecule has 0 aromatic heterocycles. The number of nitrogens with one attached hydrogen (secondary N) is 2. The summed E-state index contributed by atoms with van der Waals surface area (Å²) in [5, 5.41) is 6.10. The molecule has 4 rings (SSSR count). The van der Waals surface area contributed by atoms with Crippen LogP contribution in [-0.4, -0.2) is 17.7 Å². The molecule has 0 atom stereocenters. The molecule has 3 amide bonds. The second-order valence-electron chi connectivity index (χ2n) is 8.10. The minimum absolute atomic E-state index is 0.0587. The molecule has 3 aromatic carbocycles. The van der Waals surface area contributed by atoms with Gasteiger partial charge in [0.1, 0.15) is 10.7 Å². The fraction of sp³-hybridized carbons (Fsp3) is 0.115. The van der Waals surface area contributed by atoms with Gasteiger partial charge in [0, 0.05) is 22.0 Å². The van der Waals surface area contributed by atoms with Crippen molar-refractivity contribution >= 4 is 58.0 Å². The van der Waals surface area contributed by atoms with Crippen molar-refractivity contribution < 1.29 is 14.4 Å². The number of carbonyl (C=O) groups excluding carboxylic acids is 3. The maximum absolute atomic E-state index is 13.0. The SMILES string of the molecule is Cc1cc(C)cc(NC(=O)c2ccc(C)c(NC3=C(Cl)C(=O)N(c4ccc(Cl)cc4)C3=O)c2)c1. The van der Waals surface area contributed by atoms with Crippen LogP contribution in [0.15, 0.2) is 71.4 Å². The standard InChI is InChI=1S/C26H21Cl2N3O3/c1-14-10-15(2)12-19(11-14)29-24(32)17-5-4-16(3)21(13-17)30-23-22(28)25(33)31(26(23)34)20-8-6-18(27)7-9-20/h4-13,30H,1-3H3,(H,29,32). The van der Waals surface area contributed by atoms with Gasteiger partial charge in [-0.1, -0.05) is 35.3 Å². The van der Waals surface area contributed by atoms with E-state index in [4.69, 9.17) is 23.2 Å². The van der Waals surface area contributed by atoms with Crippen molar-refractivity contribution in [3.8, 4) is 0 Å². The molecule has 34 heavy (non-hydrogen) atoms. The average Bonchev–Trinajstić information content (AvgIpc) is 2.98. The van der Waals surface area contributed by atoms with Gasteiger partial charge in [-0.15, -0.1) is 0 Å². The van der Waals surface area contributed by atoms with Gasteiger partial charge in [0.15, 0.2) is 0 Å². The lowest BCUT2D eigenvalue weighted by atomic mass is 10.1. The van der Waals surface area contributed by atoms with E-state index in [1.807, 2.05) is 39.0 Å². The van der Waals surface area contributed by atoms with Crippen LogP contribution in [0.25, 0.3) is 0 Å². The van der Waals surface area contributed by atoms with Crippen LogP contribution in [0.5, 0.6) is 0 Å². The first-order chi connectivity index (χ1) is 16.1. The minimum atomic E-state index is -0.641. The van der Waals surface area contributed by atoms with Crippen LogP contribution >= 0.6 is 23.2 Å². The summed E-state index contributed by atoms with van der Waals surface area (Å²) in [6, 6.07) is 17.2. The third-order valence-corrected chi connectivity index (χ3v) is 5.95. The molecule has 0 aliphatic carbocycles. The summed E-state index contributed by atoms with van der Waals surface area (Å²) in [4.78, 5) is 39.6. The van der Waals surface area contributed by atoms with Gasteiger partial charge in [-0.2, -0.15) is 0 Å². The van der Waals surface area contributed by atoms with Gasteiger partial charge in [0.05, 0.1) is 5.69 Å². The van der Waals surface area contributed by atoms with Gasteiger partial charge >= 0.3 is 0 Å². The van der Waals surface area contributed by atoms with Gasteiger partial charge in [-0.05, 0) is 86.0 Å². The van der Waals surface area contributed by atoms with E-state index in [9.17, 15) is 14.4 Å². The highest BCUT2D eigenvalue weighted by Gasteiger charge is 2.39. The molecule has 0 saturated heterocycles. The number of rotatable bonds is 5. The Hall–Kier alpha value is -3.61. The minimum Gasteiger partial charge on any atom is -0.349 e. The fourth-order valence-corrected chi connectivity index (χ4v) is 4.06. The fourth-order valence-electron chi connectivity index (χ4n) is 3.72. The molecule has 0 spiro atoms. The van der Waals surface area contributed by atoms with E-state index in [0.29, 0.717) is 27.6 Å². The molecule has 172 valence electrons. The molecule has 2 N–H and O–H groups in total. The quantitative estimate of drug-likeness (QED) is 0.430. The number of aryl methyl sites for hydroxylation is 3. The summed E-state index contributed by atoms with van der Waals surface area (Å²) in [6.07, 6.45) is 0. The van der Waals surface area contributed by atoms with Crippen molar-refractivity contribution in [2.75, 3.05) is 15.5 Å². The van der Waals surface area contributed by atoms with Crippen molar-refractivity contribution in [1.29, 1.82) is 0 Å². The number of halogens is 2. The van der Waals surface area contributed by atoms with Gasteiger partial charge in [0.25, 0.3) is 17.7 Å². The lowest BCUT2D eigenvalue weighted by Crippen LogP contribution is -2.32. The first kappa shape index (κ1) is 23.5. The molecule has 0 bridgehead atoms. The summed E-state index contributed by atoms with van der Waals surface area (Å²) < 4.78 is 0. The molecule has 1 aliphatic rings. The van der Waals surface area contributed by atoms with Crippen LogP contribution in [-0.2, 0) is 9.59 Å². The van der Waals surface area contributed by atoms with Crippen LogP contribution in [0, 0.1) is 20.8 Å². The zero-order valence-electron chi connectivity index (χ0n) is 18.7. The average molecular weight is 494 g/mol. The Morgan fingerprint density at radius 1 is 0.824 bits per heavy atom. The van der Waals surface area contributed by atoms with E-state index in [0.717, 1.165) is 21.6 Å². The Labute approximate surface area is 207 Å². The lowest BCUT2D eigenvalue weighted by Gasteiger charge is -2.16. The van der Waals surface area contributed by atoms with E-state index in [2.05, 4.69) is 10.6 Å². The van der Waals surface area contributed by atoms with Crippen molar-refractivity contribution in [1.82, 2.24) is 0 Å². The molecular weight excluding hydrogens is 473 g/mol. The first-order valence-corrected chi connectivity index (χ1v) is 11.2. The highest BCUT2D eigenvalue weighted by Crippen LogP contribution is 2.31. The predicted molar refractivity (Wildman–Crippen MR) is 135 cm³/mol. The van der Waals surface area contributed by atoms with E-state index in [1.165, 1.54) is 0 Å². The molecule has 0 fully saturated rings. The summed E-state index contributed by atoms with van der Waals surface area (Å²) >= 11 is 12.2. The largest absolute Gasteiger partial charge is 0.349 e. The third-order valence-electron chi connectivity index (χ3n) is 5.35. The molecule has 0 unspecified atom stereocenters. The van der Waals surface area contributed by atoms with Crippen molar-refractivity contribution in [2.45, 2.75) is 20.8 Å². The number of nitrogens with zero attached hydrogens (tertiary/aromatic N) is 1. The number of hydrogen-bond donors (Lipinski definition) is 2. The molecule has 3 aromatic rings. The Morgan fingerprint density at radius 3 is 2.12 bits per heavy atom. The Bertz CT molecular complexity index is 1340. The second kappa shape index (κ2) is 9.33. The van der Waals surface area contributed by atoms with Crippen LogP contribution < -0.4 is 15.5 Å². The Balaban J connectivity index is 1.58. The predicted octanol–water partition coefficient (Wildman–Crippen LogP) is 5.95. The second-order valence-corrected chi connectivity index (χ2v) is 8.91. The van der Waals surface area contributed by atoms with Crippen LogP contribution in [0.3, 0.4) is 0 Å². The summed E-state index contributed by atoms with van der Waals surface area (Å²) in [5.74, 6) is -1.54. The number of imide groups is 1. The topological polar surface area (TPSA) is 78.5 Å². The van der Waals surface area contributed by atoms with Crippen LogP contribution in [0.2, 0.25) is 5.02 Å². The van der Waals surface area contributed by atoms with Crippen molar-refractivity contribution in [2.24, 2.45) is 0 Å². The van der Waals surface area contributed by atoms with E-state index in [-0.39, 0.29) is 16.6 Å². The number of amides is 3. The molecular formula is C26H21Cl2N3O3. The lowest BCUT2D eigenvalue weighted by molar-refractivity contribution is -0.120. The molecule has 6 nitrogen and oxygen atoms in total. The Kier molecular flexibility index (Phi) is 6.46. The highest BCUT2D eigenvalue weighted by molar-refractivity contribution is 6.53. The molecule has 1 heterocycles. The highest BCUT2D eigenvalue weighted by atomic mass is 35.5. The van der Waals surface area contributed by atoms with Gasteiger partial charge in [-0.25, -0.2) is 4.90 Å². The van der Waals surface area contributed by atoms with Crippen molar-refractivity contribution in [3.05, 3.63) is 98.7 Å². The summed E-state index contributed by atoms with van der Waals surface area (Å²) in [5.41, 5.74) is 4.71. The van der Waals surface area contributed by atoms with Gasteiger partial charge in [0.2, 0.25) is 0 Å². The number of benzene rings is 3. The maximum atomic E-state index is 13.0. The smallest absolute Gasteiger partial charge is 0.283 e. The van der Waals surface area contributed by atoms with E-state index < -0.39 is 11.8 Å². The zero-order valence-corrected chi connectivity index (χ0v) is 20.2. The normalized spacial score (nSPS) is 13.5. The van der Waals surface area contributed by atoms with E-state index >= 15 is 0 Å². The molecule has 8 heteroatoms. The summed E-state index contributed by atoms with van der Waals surface area (Å²) in [7, 11) is 0. The van der Waals surface area contributed by atoms with Gasteiger partial charge < -0.3 is 10.6 Å². The monoisotopic (exact) mass is 493 g/mol. The Morgan fingerprint density at radius 2 is 1.47 bits per heavy atom. The molecule has 0 radical (unpaired) electrons. The van der Waals surface area contributed by atoms with Crippen molar-refractivity contribution in [3.63, 3.8) is 0 Å². The number of hydrogen-bond acceptors (Lipinski definition) is 4. The first-order valence-electron chi connectivity index (χ1n) is 10.5. The van der Waals surface area contributed by atoms with Crippen LogP contribution in [0.4, 0.5) is 17.1 Å². The summed E-state index contributed by atoms with van der Waals surface area (Å²) in [6.45, 7) is 5.74. The molecule has 1 aliphatic heterocycles. The molecule has 0 saturated carbocycles. The third kappa shape index (κ3) is 4.69. The van der Waals surface area contributed by atoms with E-state index in [1.54, 1.807) is 42.5 Å². The zero-order chi connectivity index (χ0) is 24.6. The number of anilines is 3. The van der Waals surface area contributed by atoms with Crippen LogP contribution in [0.1, 0.15) is 27.0 Å².